The minimum absolute atomic E-state index is 0.0476. The number of rotatable bonds is 7. The molecule has 2 atom stereocenters. The van der Waals surface area contributed by atoms with Crippen LogP contribution in [0.2, 0.25) is 0 Å². The first-order chi connectivity index (χ1) is 13.8. The lowest BCUT2D eigenvalue weighted by atomic mass is 9.95. The molecule has 3 rings (SSSR count). The Morgan fingerprint density at radius 3 is 2.24 bits per heavy atom. The number of nitrogens with one attached hydrogen (secondary N) is 1. The van der Waals surface area contributed by atoms with Gasteiger partial charge >= 0.3 is 0 Å². The molecular weight excluding hydrogens is 372 g/mol. The Kier molecular flexibility index (Phi) is 6.12. The highest BCUT2D eigenvalue weighted by molar-refractivity contribution is 5.84. The number of ether oxygens (including phenoxy) is 1. The molecule has 0 saturated carbocycles. The number of aromatic nitrogens is 1. The maximum absolute atomic E-state index is 12.2. The third-order valence-corrected chi connectivity index (χ3v) is 4.88. The van der Waals surface area contributed by atoms with Crippen molar-refractivity contribution in [3.63, 3.8) is 0 Å². The standard InChI is InChI=1S/C22H24N2O5/c1-14-4-8-17(9-5-14)18-10-6-16(7-11-18)13-28-22(3,21(26)23-27)20(25)19-12-15(2)29-24-19/h4-12,20,25,27H,13H2,1-3H3,(H,23,26). The molecule has 0 radical (unpaired) electrons. The number of benzene rings is 2. The number of hydrogen-bond acceptors (Lipinski definition) is 6. The SMILES string of the molecule is Cc1ccc(-c2ccc(COC(C)(C(=O)NO)C(O)c3cc(C)on3)cc2)cc1. The molecule has 0 bridgehead atoms. The number of nitrogens with zero attached hydrogens (tertiary/aromatic N) is 1. The van der Waals surface area contributed by atoms with Crippen LogP contribution >= 0.6 is 0 Å². The Bertz CT molecular complexity index is 966. The molecular formula is C22H24N2O5. The Hall–Kier alpha value is -3.00. The molecule has 0 aliphatic rings. The van der Waals surface area contributed by atoms with Crippen molar-refractivity contribution in [2.45, 2.75) is 39.1 Å². The normalized spacial score (nSPS) is 14.2. The van der Waals surface area contributed by atoms with E-state index in [0.29, 0.717) is 5.76 Å². The molecule has 7 heteroatoms. The van der Waals surface area contributed by atoms with E-state index in [1.807, 2.05) is 31.2 Å². The minimum atomic E-state index is -1.77. The third kappa shape index (κ3) is 4.54. The van der Waals surface area contributed by atoms with Gasteiger partial charge in [-0.05, 0) is 37.5 Å². The molecule has 1 aromatic heterocycles. The molecule has 0 aliphatic carbocycles. The predicted octanol–water partition coefficient (Wildman–Crippen LogP) is 3.47. The van der Waals surface area contributed by atoms with E-state index in [2.05, 4.69) is 29.4 Å². The summed E-state index contributed by atoms with van der Waals surface area (Å²) >= 11 is 0. The van der Waals surface area contributed by atoms with E-state index >= 15 is 0 Å². The van der Waals surface area contributed by atoms with Gasteiger partial charge < -0.3 is 14.4 Å². The zero-order valence-electron chi connectivity index (χ0n) is 16.5. The van der Waals surface area contributed by atoms with Crippen LogP contribution in [0.15, 0.2) is 59.1 Å². The van der Waals surface area contributed by atoms with Gasteiger partial charge in [0.2, 0.25) is 0 Å². The van der Waals surface area contributed by atoms with Gasteiger partial charge in [0.15, 0.2) is 5.60 Å². The Morgan fingerprint density at radius 2 is 1.72 bits per heavy atom. The molecule has 3 N–H and O–H groups in total. The van der Waals surface area contributed by atoms with Gasteiger partial charge in [0.25, 0.3) is 5.91 Å². The number of aliphatic hydroxyl groups is 1. The van der Waals surface area contributed by atoms with Crippen molar-refractivity contribution < 1.29 is 24.4 Å². The Labute approximate surface area is 168 Å². The second-order valence-electron chi connectivity index (χ2n) is 7.16. The molecule has 7 nitrogen and oxygen atoms in total. The van der Waals surface area contributed by atoms with Crippen LogP contribution in [0.25, 0.3) is 11.1 Å². The predicted molar refractivity (Wildman–Crippen MR) is 106 cm³/mol. The number of carbonyl (C=O) groups excluding carboxylic acids is 1. The van der Waals surface area contributed by atoms with Crippen LogP contribution in [0.3, 0.4) is 0 Å². The fraction of sp³-hybridized carbons (Fsp3) is 0.273. The zero-order valence-corrected chi connectivity index (χ0v) is 16.5. The smallest absolute Gasteiger partial charge is 0.278 e. The van der Waals surface area contributed by atoms with Gasteiger partial charge in [0.05, 0.1) is 6.61 Å². The molecule has 1 amide bonds. The molecule has 0 fully saturated rings. The van der Waals surface area contributed by atoms with E-state index in [-0.39, 0.29) is 12.3 Å². The monoisotopic (exact) mass is 396 g/mol. The maximum atomic E-state index is 12.2. The Morgan fingerprint density at radius 1 is 1.14 bits per heavy atom. The van der Waals surface area contributed by atoms with Crippen LogP contribution < -0.4 is 5.48 Å². The average molecular weight is 396 g/mol. The van der Waals surface area contributed by atoms with Gasteiger partial charge in [0, 0.05) is 6.07 Å². The van der Waals surface area contributed by atoms with Crippen LogP contribution in [0.4, 0.5) is 0 Å². The number of aryl methyl sites for hydroxylation is 2. The Balaban J connectivity index is 1.75. The summed E-state index contributed by atoms with van der Waals surface area (Å²) < 4.78 is 10.7. The summed E-state index contributed by atoms with van der Waals surface area (Å²) in [5, 5.41) is 23.5. The number of carbonyl (C=O) groups is 1. The van der Waals surface area contributed by atoms with Crippen LogP contribution in [0.5, 0.6) is 0 Å². The van der Waals surface area contributed by atoms with E-state index < -0.39 is 17.6 Å². The number of hydroxylamine groups is 1. The number of aliphatic hydroxyl groups excluding tert-OH is 1. The second kappa shape index (κ2) is 8.57. The van der Waals surface area contributed by atoms with Crippen LogP contribution in [-0.2, 0) is 16.1 Å². The van der Waals surface area contributed by atoms with Crippen molar-refractivity contribution in [2.75, 3.05) is 0 Å². The van der Waals surface area contributed by atoms with Crippen LogP contribution in [0.1, 0.15) is 35.6 Å². The van der Waals surface area contributed by atoms with E-state index in [0.717, 1.165) is 16.7 Å². The summed E-state index contributed by atoms with van der Waals surface area (Å²) in [6.45, 7) is 5.14. The summed E-state index contributed by atoms with van der Waals surface area (Å²) in [5.74, 6) is -0.403. The lowest BCUT2D eigenvalue weighted by Gasteiger charge is -2.31. The molecule has 2 aromatic carbocycles. The quantitative estimate of drug-likeness (QED) is 0.417. The van der Waals surface area contributed by atoms with Crippen LogP contribution in [0, 0.1) is 13.8 Å². The molecule has 0 saturated heterocycles. The third-order valence-electron chi connectivity index (χ3n) is 4.88. The molecule has 29 heavy (non-hydrogen) atoms. The number of amides is 1. The van der Waals surface area contributed by atoms with Crippen molar-refractivity contribution in [1.29, 1.82) is 0 Å². The van der Waals surface area contributed by atoms with Gasteiger partial charge in [-0.2, -0.15) is 0 Å². The van der Waals surface area contributed by atoms with Gasteiger partial charge in [-0.3, -0.25) is 10.0 Å². The van der Waals surface area contributed by atoms with E-state index in [1.54, 1.807) is 12.4 Å². The minimum Gasteiger partial charge on any atom is -0.383 e. The number of hydrogen-bond donors (Lipinski definition) is 3. The van der Waals surface area contributed by atoms with Gasteiger partial charge in [-0.1, -0.05) is 59.3 Å². The fourth-order valence-electron chi connectivity index (χ4n) is 2.95. The highest BCUT2D eigenvalue weighted by Gasteiger charge is 2.44. The van der Waals surface area contributed by atoms with Gasteiger partial charge in [-0.15, -0.1) is 0 Å². The van der Waals surface area contributed by atoms with E-state index in [1.165, 1.54) is 18.6 Å². The van der Waals surface area contributed by atoms with Crippen molar-refractivity contribution in [2.24, 2.45) is 0 Å². The summed E-state index contributed by atoms with van der Waals surface area (Å²) in [4.78, 5) is 12.2. The molecule has 152 valence electrons. The first kappa shape index (κ1) is 20.7. The molecule has 2 unspecified atom stereocenters. The highest BCUT2D eigenvalue weighted by atomic mass is 16.5. The van der Waals surface area contributed by atoms with Crippen molar-refractivity contribution in [1.82, 2.24) is 10.6 Å². The lowest BCUT2D eigenvalue weighted by Crippen LogP contribution is -2.50. The van der Waals surface area contributed by atoms with Crippen molar-refractivity contribution in [3.8, 4) is 11.1 Å². The van der Waals surface area contributed by atoms with Crippen molar-refractivity contribution in [3.05, 3.63) is 77.2 Å². The second-order valence-corrected chi connectivity index (χ2v) is 7.16. The lowest BCUT2D eigenvalue weighted by molar-refractivity contribution is -0.174. The first-order valence-corrected chi connectivity index (χ1v) is 9.19. The summed E-state index contributed by atoms with van der Waals surface area (Å²) in [6.07, 6.45) is -1.43. The summed E-state index contributed by atoms with van der Waals surface area (Å²) in [5.41, 5.74) is 4.09. The maximum Gasteiger partial charge on any atom is 0.278 e. The van der Waals surface area contributed by atoms with Crippen LogP contribution in [-0.4, -0.2) is 27.0 Å². The van der Waals surface area contributed by atoms with E-state index in [9.17, 15) is 9.90 Å². The molecule has 0 spiro atoms. The van der Waals surface area contributed by atoms with Crippen molar-refractivity contribution >= 4 is 5.91 Å². The molecule has 0 aliphatic heterocycles. The average Bonchev–Trinajstić information content (AvgIpc) is 3.18. The first-order valence-electron chi connectivity index (χ1n) is 9.19. The summed E-state index contributed by atoms with van der Waals surface area (Å²) in [6, 6.07) is 17.4. The van der Waals surface area contributed by atoms with E-state index in [4.69, 9.17) is 14.5 Å². The largest absolute Gasteiger partial charge is 0.383 e. The van der Waals surface area contributed by atoms with Gasteiger partial charge in [-0.25, -0.2) is 5.48 Å². The molecule has 3 aromatic rings. The fourth-order valence-corrected chi connectivity index (χ4v) is 2.95. The zero-order chi connectivity index (χ0) is 21.0. The topological polar surface area (TPSA) is 105 Å². The highest BCUT2D eigenvalue weighted by Crippen LogP contribution is 2.31. The molecule has 1 heterocycles. The van der Waals surface area contributed by atoms with Gasteiger partial charge in [0.1, 0.15) is 17.6 Å². The summed E-state index contributed by atoms with van der Waals surface area (Å²) in [7, 11) is 0.